The van der Waals surface area contributed by atoms with Crippen LogP contribution in [0.3, 0.4) is 0 Å². The molecule has 2 amide bonds. The Bertz CT molecular complexity index is 634. The van der Waals surface area contributed by atoms with Gasteiger partial charge < -0.3 is 19.7 Å². The summed E-state index contributed by atoms with van der Waals surface area (Å²) in [6.07, 6.45) is 4.05. The monoisotopic (exact) mass is 346 g/mol. The zero-order chi connectivity index (χ0) is 17.8. The van der Waals surface area contributed by atoms with Gasteiger partial charge in [-0.3, -0.25) is 9.59 Å². The normalized spacial score (nSPS) is 17.9. The minimum atomic E-state index is -0.000751. The number of likely N-dealkylation sites (tertiary alicyclic amines) is 1. The number of amides is 2. The number of hydrogen-bond acceptors (Lipinski definition) is 4. The lowest BCUT2D eigenvalue weighted by molar-refractivity contribution is -0.133. The summed E-state index contributed by atoms with van der Waals surface area (Å²) in [6, 6.07) is 5.66. The first-order valence-electron chi connectivity index (χ1n) is 8.89. The molecule has 0 bridgehead atoms. The van der Waals surface area contributed by atoms with E-state index in [1.807, 2.05) is 23.1 Å². The van der Waals surface area contributed by atoms with Crippen LogP contribution >= 0.6 is 0 Å². The molecule has 1 aliphatic heterocycles. The van der Waals surface area contributed by atoms with Crippen LogP contribution in [0.4, 0.5) is 0 Å². The lowest BCUT2D eigenvalue weighted by Gasteiger charge is -2.32. The zero-order valence-electron chi connectivity index (χ0n) is 14.9. The van der Waals surface area contributed by atoms with Gasteiger partial charge in [-0.2, -0.15) is 0 Å². The number of hydrogen-bond donors (Lipinski definition) is 1. The van der Waals surface area contributed by atoms with E-state index in [1.54, 1.807) is 14.2 Å². The summed E-state index contributed by atoms with van der Waals surface area (Å²) in [6.45, 7) is 1.49. The molecule has 1 aliphatic carbocycles. The van der Waals surface area contributed by atoms with Crippen molar-refractivity contribution in [2.24, 2.45) is 5.92 Å². The van der Waals surface area contributed by atoms with Gasteiger partial charge in [0.25, 0.3) is 0 Å². The summed E-state index contributed by atoms with van der Waals surface area (Å²) in [5.41, 5.74) is 0.886. The van der Waals surface area contributed by atoms with Crippen molar-refractivity contribution in [1.82, 2.24) is 10.2 Å². The van der Waals surface area contributed by atoms with Gasteiger partial charge in [0.1, 0.15) is 0 Å². The summed E-state index contributed by atoms with van der Waals surface area (Å²) in [7, 11) is 3.17. The first kappa shape index (κ1) is 17.6. The number of nitrogens with one attached hydrogen (secondary N) is 1. The molecule has 0 radical (unpaired) electrons. The highest BCUT2D eigenvalue weighted by Crippen LogP contribution is 2.32. The standard InChI is InChI=1S/C19H26N2O4/c1-24-16-6-3-13(11-17(16)25-2)12-18(22)20-15-7-9-21(10-8-15)19(23)14-4-5-14/h3,6,11,14-15H,4-5,7-10,12H2,1-2H3,(H,20,22). The van der Waals surface area contributed by atoms with E-state index in [9.17, 15) is 9.59 Å². The molecule has 1 heterocycles. The number of benzene rings is 1. The van der Waals surface area contributed by atoms with Crippen molar-refractivity contribution in [3.05, 3.63) is 23.8 Å². The minimum absolute atomic E-state index is 0.000751. The molecule has 6 nitrogen and oxygen atoms in total. The number of piperidine rings is 1. The molecule has 1 saturated heterocycles. The van der Waals surface area contributed by atoms with Crippen molar-refractivity contribution >= 4 is 11.8 Å². The number of carbonyl (C=O) groups is 2. The second kappa shape index (κ2) is 7.76. The maximum absolute atomic E-state index is 12.3. The fourth-order valence-corrected chi connectivity index (χ4v) is 3.29. The second-order valence-electron chi connectivity index (χ2n) is 6.81. The molecule has 25 heavy (non-hydrogen) atoms. The highest BCUT2D eigenvalue weighted by atomic mass is 16.5. The molecule has 2 fully saturated rings. The Labute approximate surface area is 148 Å². The minimum Gasteiger partial charge on any atom is -0.493 e. The first-order chi connectivity index (χ1) is 12.1. The molecular formula is C19H26N2O4. The highest BCUT2D eigenvalue weighted by molar-refractivity contribution is 5.81. The third-order valence-corrected chi connectivity index (χ3v) is 4.91. The van der Waals surface area contributed by atoms with Crippen LogP contribution in [-0.4, -0.2) is 50.1 Å². The molecule has 6 heteroatoms. The fourth-order valence-electron chi connectivity index (χ4n) is 3.29. The first-order valence-corrected chi connectivity index (χ1v) is 8.89. The van der Waals surface area contributed by atoms with Crippen molar-refractivity contribution in [2.45, 2.75) is 38.1 Å². The van der Waals surface area contributed by atoms with E-state index in [2.05, 4.69) is 5.32 Å². The van der Waals surface area contributed by atoms with Crippen LogP contribution < -0.4 is 14.8 Å². The van der Waals surface area contributed by atoms with E-state index < -0.39 is 0 Å². The summed E-state index contributed by atoms with van der Waals surface area (Å²) in [5, 5.41) is 3.09. The molecule has 0 unspecified atom stereocenters. The summed E-state index contributed by atoms with van der Waals surface area (Å²) in [5.74, 6) is 1.85. The van der Waals surface area contributed by atoms with Crippen LogP contribution in [0.25, 0.3) is 0 Å². The lowest BCUT2D eigenvalue weighted by atomic mass is 10.0. The Morgan fingerprint density at radius 1 is 1.08 bits per heavy atom. The van der Waals surface area contributed by atoms with E-state index in [1.165, 1.54) is 0 Å². The van der Waals surface area contributed by atoms with Gasteiger partial charge in [-0.25, -0.2) is 0 Å². The average molecular weight is 346 g/mol. The van der Waals surface area contributed by atoms with Crippen molar-refractivity contribution in [3.8, 4) is 11.5 Å². The quantitative estimate of drug-likeness (QED) is 0.852. The molecule has 0 atom stereocenters. The number of carbonyl (C=O) groups excluding carboxylic acids is 2. The second-order valence-corrected chi connectivity index (χ2v) is 6.81. The summed E-state index contributed by atoms with van der Waals surface area (Å²) >= 11 is 0. The number of nitrogens with zero attached hydrogens (tertiary/aromatic N) is 1. The maximum Gasteiger partial charge on any atom is 0.225 e. The van der Waals surface area contributed by atoms with Gasteiger partial charge in [0.05, 0.1) is 20.6 Å². The van der Waals surface area contributed by atoms with Gasteiger partial charge in [-0.1, -0.05) is 6.07 Å². The Kier molecular flexibility index (Phi) is 5.46. The molecular weight excluding hydrogens is 320 g/mol. The van der Waals surface area contributed by atoms with Crippen LogP contribution in [-0.2, 0) is 16.0 Å². The van der Waals surface area contributed by atoms with Gasteiger partial charge in [0.2, 0.25) is 11.8 Å². The van der Waals surface area contributed by atoms with Crippen molar-refractivity contribution in [3.63, 3.8) is 0 Å². The topological polar surface area (TPSA) is 67.9 Å². The van der Waals surface area contributed by atoms with E-state index in [0.717, 1.165) is 44.3 Å². The van der Waals surface area contributed by atoms with E-state index in [0.29, 0.717) is 23.8 Å². The smallest absolute Gasteiger partial charge is 0.225 e. The Balaban J connectivity index is 1.47. The molecule has 1 aromatic carbocycles. The third kappa shape index (κ3) is 4.44. The van der Waals surface area contributed by atoms with Crippen LogP contribution in [0.5, 0.6) is 11.5 Å². The zero-order valence-corrected chi connectivity index (χ0v) is 14.9. The molecule has 1 saturated carbocycles. The summed E-state index contributed by atoms with van der Waals surface area (Å²) < 4.78 is 10.5. The Hall–Kier alpha value is -2.24. The van der Waals surface area contributed by atoms with E-state index >= 15 is 0 Å². The predicted molar refractivity (Wildman–Crippen MR) is 93.7 cm³/mol. The molecule has 0 aromatic heterocycles. The Morgan fingerprint density at radius 3 is 2.36 bits per heavy atom. The molecule has 1 N–H and O–H groups in total. The Morgan fingerprint density at radius 2 is 1.76 bits per heavy atom. The molecule has 1 aromatic rings. The van der Waals surface area contributed by atoms with E-state index in [4.69, 9.17) is 9.47 Å². The number of rotatable bonds is 6. The fraction of sp³-hybridized carbons (Fsp3) is 0.579. The van der Waals surface area contributed by atoms with Gasteiger partial charge >= 0.3 is 0 Å². The van der Waals surface area contributed by atoms with Crippen LogP contribution in [0.2, 0.25) is 0 Å². The third-order valence-electron chi connectivity index (χ3n) is 4.91. The SMILES string of the molecule is COc1ccc(CC(=O)NC2CCN(C(=O)C3CC3)CC2)cc1OC. The van der Waals surface area contributed by atoms with Gasteiger partial charge in [-0.05, 0) is 43.4 Å². The van der Waals surface area contributed by atoms with Gasteiger partial charge in [0, 0.05) is 25.0 Å². The van der Waals surface area contributed by atoms with Gasteiger partial charge in [-0.15, -0.1) is 0 Å². The highest BCUT2D eigenvalue weighted by Gasteiger charge is 2.35. The maximum atomic E-state index is 12.3. The largest absolute Gasteiger partial charge is 0.493 e. The van der Waals surface area contributed by atoms with Crippen molar-refractivity contribution < 1.29 is 19.1 Å². The number of ether oxygens (including phenoxy) is 2. The molecule has 0 spiro atoms. The van der Waals surface area contributed by atoms with Crippen LogP contribution in [0, 0.1) is 5.92 Å². The molecule has 3 rings (SSSR count). The van der Waals surface area contributed by atoms with Crippen LogP contribution in [0.15, 0.2) is 18.2 Å². The average Bonchev–Trinajstić information content (AvgIpc) is 3.46. The number of methoxy groups -OCH3 is 2. The lowest BCUT2D eigenvalue weighted by Crippen LogP contribution is -2.47. The van der Waals surface area contributed by atoms with Crippen molar-refractivity contribution in [2.75, 3.05) is 27.3 Å². The van der Waals surface area contributed by atoms with Gasteiger partial charge in [0.15, 0.2) is 11.5 Å². The van der Waals surface area contributed by atoms with E-state index in [-0.39, 0.29) is 17.9 Å². The van der Waals surface area contributed by atoms with Crippen LogP contribution in [0.1, 0.15) is 31.2 Å². The predicted octanol–water partition coefficient (Wildman–Crippen LogP) is 1.76. The summed E-state index contributed by atoms with van der Waals surface area (Å²) in [4.78, 5) is 26.3. The molecule has 2 aliphatic rings. The molecule has 136 valence electrons. The van der Waals surface area contributed by atoms with Crippen molar-refractivity contribution in [1.29, 1.82) is 0 Å².